The Hall–Kier alpha value is -5.49. The summed E-state index contributed by atoms with van der Waals surface area (Å²) in [7, 11) is 6.14. The third kappa shape index (κ3) is 9.50. The normalized spacial score (nSPS) is 14.8. The number of carbonyl (C=O) groups excluding carboxylic acids is 2. The number of phenolic OH excluding ortho intramolecular Hbond substituents is 1. The number of aromatic hydroxyl groups is 1. The van der Waals surface area contributed by atoms with Crippen molar-refractivity contribution >= 4 is 34.3 Å². The Morgan fingerprint density at radius 3 is 2.40 bits per heavy atom. The molecule has 1 atom stereocenters. The van der Waals surface area contributed by atoms with Crippen LogP contribution in [-0.4, -0.2) is 78.6 Å². The Morgan fingerprint density at radius 1 is 0.943 bits per heavy atom. The van der Waals surface area contributed by atoms with E-state index in [1.54, 1.807) is 24.1 Å². The number of pyridine rings is 1. The second kappa shape index (κ2) is 16.5. The Labute approximate surface area is 309 Å². The number of anilines is 2. The van der Waals surface area contributed by atoms with Crippen molar-refractivity contribution in [3.63, 3.8) is 0 Å². The van der Waals surface area contributed by atoms with Gasteiger partial charge in [0.15, 0.2) is 0 Å². The second-order valence-corrected chi connectivity index (χ2v) is 14.4. The van der Waals surface area contributed by atoms with Crippen LogP contribution in [-0.2, 0) is 22.5 Å². The Bertz CT molecular complexity index is 2110. The van der Waals surface area contributed by atoms with Crippen LogP contribution in [0.15, 0.2) is 102 Å². The first-order chi connectivity index (χ1) is 25.5. The summed E-state index contributed by atoms with van der Waals surface area (Å²) in [5, 5.41) is 27.8. The highest BCUT2D eigenvalue weighted by Crippen LogP contribution is 2.31. The van der Waals surface area contributed by atoms with Gasteiger partial charge in [-0.3, -0.25) is 14.9 Å². The third-order valence-electron chi connectivity index (χ3n) is 10.0. The molecule has 276 valence electrons. The number of aryl methyl sites for hydroxylation is 1. The molecule has 5 N–H and O–H groups in total. The lowest BCUT2D eigenvalue weighted by atomic mass is 9.99. The van der Waals surface area contributed by atoms with E-state index in [1.807, 2.05) is 72.8 Å². The van der Waals surface area contributed by atoms with Gasteiger partial charge < -0.3 is 34.6 Å². The van der Waals surface area contributed by atoms with Crippen LogP contribution in [0.25, 0.3) is 22.0 Å². The summed E-state index contributed by atoms with van der Waals surface area (Å²) in [5.41, 5.74) is 5.73. The van der Waals surface area contributed by atoms with Crippen molar-refractivity contribution in [1.82, 2.24) is 10.3 Å². The number of carbonyl (C=O) groups is 2. The van der Waals surface area contributed by atoms with Gasteiger partial charge >= 0.3 is 6.09 Å². The number of nitrogens with one attached hydrogen (secondary N) is 3. The predicted octanol–water partition coefficient (Wildman–Crippen LogP) is 6.11. The molecule has 0 unspecified atom stereocenters. The fourth-order valence-electron chi connectivity index (χ4n) is 6.78. The van der Waals surface area contributed by atoms with E-state index in [1.165, 1.54) is 12.1 Å². The lowest BCUT2D eigenvalue weighted by Crippen LogP contribution is -2.48. The molecule has 1 aromatic heterocycles. The maximum absolute atomic E-state index is 13.3. The number of piperidine rings is 1. The lowest BCUT2D eigenvalue weighted by molar-refractivity contribution is -0.896. The molecule has 6 rings (SSSR count). The number of nitrogens with zero attached hydrogens (tertiary/aromatic N) is 2. The van der Waals surface area contributed by atoms with Crippen LogP contribution in [0.3, 0.4) is 0 Å². The van der Waals surface area contributed by atoms with Crippen LogP contribution >= 0.6 is 0 Å². The van der Waals surface area contributed by atoms with E-state index in [4.69, 9.17) is 4.74 Å². The van der Waals surface area contributed by atoms with Crippen LogP contribution in [0, 0.1) is 0 Å². The molecule has 5 aromatic rings. The monoisotopic (exact) mass is 718 g/mol. The van der Waals surface area contributed by atoms with Crippen LogP contribution in [0.4, 0.5) is 16.2 Å². The summed E-state index contributed by atoms with van der Waals surface area (Å²) >= 11 is 0. The molecule has 1 saturated heterocycles. The van der Waals surface area contributed by atoms with Gasteiger partial charge in [-0.2, -0.15) is 0 Å². The number of aromatic amines is 1. The molecule has 0 spiro atoms. The van der Waals surface area contributed by atoms with Gasteiger partial charge in [0.1, 0.15) is 11.9 Å². The number of ether oxygens (including phenoxy) is 1. The topological polar surface area (TPSA) is 144 Å². The number of likely N-dealkylation sites (tertiary alicyclic amines) is 1. The molecule has 0 saturated carbocycles. The number of amides is 2. The number of fused-ring (bicyclic) bond motifs is 1. The van der Waals surface area contributed by atoms with Crippen molar-refractivity contribution in [2.24, 2.45) is 0 Å². The molecular formula is C42H48N5O6+. The van der Waals surface area contributed by atoms with Gasteiger partial charge in [0.05, 0.1) is 44.5 Å². The molecule has 1 aliphatic rings. The Kier molecular flexibility index (Phi) is 11.6. The van der Waals surface area contributed by atoms with E-state index in [2.05, 4.69) is 29.7 Å². The van der Waals surface area contributed by atoms with Crippen molar-refractivity contribution in [2.75, 3.05) is 51.0 Å². The van der Waals surface area contributed by atoms with E-state index in [0.29, 0.717) is 35.1 Å². The van der Waals surface area contributed by atoms with Gasteiger partial charge in [-0.15, -0.1) is 0 Å². The largest absolute Gasteiger partial charge is 0.506 e. The van der Waals surface area contributed by atoms with E-state index >= 15 is 0 Å². The first-order valence-corrected chi connectivity index (χ1v) is 18.0. The highest BCUT2D eigenvalue weighted by molar-refractivity contribution is 5.94. The Morgan fingerprint density at radius 2 is 1.66 bits per heavy atom. The standard InChI is InChI=1S/C42H47N5O6/c1-46(31-13-9-29(10-14-31)26-43-27-38(49)34-16-18-37(48)41-35(34)17-19-39(50)45-41)40(51)20-12-28-11-15-33(30-7-5-4-6-8-30)36(25-28)44-42(52)53-32-21-23-47(2,3)24-22-32/h4-11,13-19,25,32,38,43,49H,12,20-24,26-27H2,1-3H3,(H2-,44,45,48,50,52)/p+1/t38-/m0/s1. The van der Waals surface area contributed by atoms with Crippen LogP contribution < -0.4 is 21.1 Å². The van der Waals surface area contributed by atoms with E-state index in [0.717, 1.165) is 58.4 Å². The summed E-state index contributed by atoms with van der Waals surface area (Å²) in [6.07, 6.45) is 0.996. The fourth-order valence-corrected chi connectivity index (χ4v) is 6.78. The zero-order valence-electron chi connectivity index (χ0n) is 30.5. The molecule has 2 heterocycles. The van der Waals surface area contributed by atoms with E-state index < -0.39 is 12.2 Å². The minimum atomic E-state index is -0.865. The number of phenols is 1. The summed E-state index contributed by atoms with van der Waals surface area (Å²) in [4.78, 5) is 42.3. The first-order valence-electron chi connectivity index (χ1n) is 18.0. The average Bonchev–Trinajstić information content (AvgIpc) is 3.15. The first kappa shape index (κ1) is 37.3. The summed E-state index contributed by atoms with van der Waals surface area (Å²) in [6, 6.07) is 29.5. The average molecular weight is 719 g/mol. The Balaban J connectivity index is 1.03. The van der Waals surface area contributed by atoms with Crippen molar-refractivity contribution in [3.05, 3.63) is 124 Å². The zero-order chi connectivity index (χ0) is 37.5. The van der Waals surface area contributed by atoms with E-state index in [9.17, 15) is 24.6 Å². The van der Waals surface area contributed by atoms with Crippen LogP contribution in [0.1, 0.15) is 42.1 Å². The molecule has 1 fully saturated rings. The highest BCUT2D eigenvalue weighted by Gasteiger charge is 2.28. The number of quaternary nitrogens is 1. The van der Waals surface area contributed by atoms with Gasteiger partial charge in [0.25, 0.3) is 0 Å². The number of H-pyrrole nitrogens is 1. The van der Waals surface area contributed by atoms with E-state index in [-0.39, 0.29) is 36.3 Å². The molecule has 11 nitrogen and oxygen atoms in total. The number of hydrogen-bond acceptors (Lipinski definition) is 7. The SMILES string of the molecule is CN(C(=O)CCc1ccc(-c2ccccc2)c(NC(=O)OC2CC[N+](C)(C)CC2)c1)c1ccc(CNC[C@H](O)c2ccc(O)c3[nH]c(=O)ccc23)cc1. The van der Waals surface area contributed by atoms with Crippen LogP contribution in [0.2, 0.25) is 0 Å². The van der Waals surface area contributed by atoms with Gasteiger partial charge in [-0.25, -0.2) is 4.79 Å². The smallest absolute Gasteiger partial charge is 0.411 e. The number of aliphatic hydroxyl groups excluding tert-OH is 1. The molecule has 0 bridgehead atoms. The number of rotatable bonds is 12. The predicted molar refractivity (Wildman–Crippen MR) is 208 cm³/mol. The number of aromatic nitrogens is 1. The second-order valence-electron chi connectivity index (χ2n) is 14.4. The summed E-state index contributed by atoms with van der Waals surface area (Å²) in [5.74, 6) is -0.0947. The van der Waals surface area contributed by atoms with Crippen molar-refractivity contribution in [1.29, 1.82) is 0 Å². The zero-order valence-corrected chi connectivity index (χ0v) is 30.5. The maximum atomic E-state index is 13.3. The van der Waals surface area contributed by atoms with Gasteiger partial charge in [0, 0.05) is 62.1 Å². The molecule has 1 aliphatic heterocycles. The highest BCUT2D eigenvalue weighted by atomic mass is 16.6. The van der Waals surface area contributed by atoms with Gasteiger partial charge in [0.2, 0.25) is 11.5 Å². The molecule has 2 amide bonds. The number of benzene rings is 4. The molecule has 0 radical (unpaired) electrons. The molecule has 4 aromatic carbocycles. The number of hydrogen-bond donors (Lipinski definition) is 5. The quantitative estimate of drug-likeness (QED) is 0.0981. The van der Waals surface area contributed by atoms with Gasteiger partial charge in [-0.05, 0) is 59.0 Å². The minimum absolute atomic E-state index is 0.0406. The summed E-state index contributed by atoms with van der Waals surface area (Å²) < 4.78 is 6.75. The van der Waals surface area contributed by atoms with Gasteiger partial charge in [-0.1, -0.05) is 60.7 Å². The maximum Gasteiger partial charge on any atom is 0.411 e. The third-order valence-corrected chi connectivity index (χ3v) is 10.0. The molecule has 0 aliphatic carbocycles. The summed E-state index contributed by atoms with van der Waals surface area (Å²) in [6.45, 7) is 2.67. The fraction of sp³-hybridized carbons (Fsp3) is 0.310. The van der Waals surface area contributed by atoms with Crippen molar-refractivity contribution in [2.45, 2.75) is 44.4 Å². The van der Waals surface area contributed by atoms with Crippen molar-refractivity contribution in [3.8, 4) is 16.9 Å². The van der Waals surface area contributed by atoms with Crippen LogP contribution in [0.5, 0.6) is 5.75 Å². The number of aliphatic hydroxyl groups is 1. The molecular weight excluding hydrogens is 670 g/mol. The van der Waals surface area contributed by atoms with Crippen molar-refractivity contribution < 1.29 is 29.0 Å². The minimum Gasteiger partial charge on any atom is -0.506 e. The lowest BCUT2D eigenvalue weighted by Gasteiger charge is -2.36. The molecule has 11 heteroatoms. The molecule has 53 heavy (non-hydrogen) atoms.